The minimum atomic E-state index is -3.16. The molecule has 0 saturated carbocycles. The van der Waals surface area contributed by atoms with E-state index in [4.69, 9.17) is 0 Å². The van der Waals surface area contributed by atoms with E-state index in [2.05, 4.69) is 25.2 Å². The Bertz CT molecular complexity index is 1240. The van der Waals surface area contributed by atoms with Crippen LogP contribution in [0.1, 0.15) is 65.2 Å². The summed E-state index contributed by atoms with van der Waals surface area (Å²) >= 11 is 0. The molecule has 13 heteroatoms. The third kappa shape index (κ3) is 8.59. The number of anilines is 1. The van der Waals surface area contributed by atoms with Crippen LogP contribution in [0, 0.1) is 0 Å². The van der Waals surface area contributed by atoms with Crippen molar-refractivity contribution in [1.29, 1.82) is 0 Å². The van der Waals surface area contributed by atoms with Crippen molar-refractivity contribution in [3.05, 3.63) is 18.6 Å². The minimum absolute atomic E-state index is 0.128. The Kier molecular flexibility index (Phi) is 12.0. The zero-order chi connectivity index (χ0) is 28.5. The molecule has 2 aromatic rings. The fourth-order valence-corrected chi connectivity index (χ4v) is 8.59. The van der Waals surface area contributed by atoms with E-state index in [1.54, 1.807) is 14.9 Å². The smallest absolute Gasteiger partial charge is 0.214 e. The Hall–Kier alpha value is -1.80. The fraction of sp³-hybridized carbons (Fsp3) is 0.769. The molecule has 4 rings (SSSR count). The molecular formula is C26H47N7O4S2. The molecule has 0 radical (unpaired) electrons. The van der Waals surface area contributed by atoms with E-state index in [1.807, 2.05) is 40.2 Å². The van der Waals surface area contributed by atoms with Crippen LogP contribution in [-0.4, -0.2) is 104 Å². The Morgan fingerprint density at radius 2 is 1.59 bits per heavy atom. The molecule has 2 aromatic heterocycles. The van der Waals surface area contributed by atoms with Crippen molar-refractivity contribution in [3.8, 4) is 0 Å². The van der Waals surface area contributed by atoms with Crippen molar-refractivity contribution in [1.82, 2.24) is 28.9 Å². The van der Waals surface area contributed by atoms with E-state index in [0.717, 1.165) is 68.2 Å². The minimum Gasteiger partial charge on any atom is -0.355 e. The Morgan fingerprint density at radius 1 is 0.974 bits per heavy atom. The first-order valence-corrected chi connectivity index (χ1v) is 17.5. The van der Waals surface area contributed by atoms with E-state index in [0.29, 0.717) is 38.0 Å². The zero-order valence-corrected chi connectivity index (χ0v) is 25.6. The maximum absolute atomic E-state index is 12.5. The molecule has 2 aliphatic rings. The molecule has 11 nitrogen and oxygen atoms in total. The van der Waals surface area contributed by atoms with E-state index in [-0.39, 0.29) is 11.8 Å². The van der Waals surface area contributed by atoms with Crippen molar-refractivity contribution in [2.45, 2.75) is 77.3 Å². The van der Waals surface area contributed by atoms with E-state index in [1.165, 1.54) is 0 Å². The van der Waals surface area contributed by atoms with Crippen molar-refractivity contribution in [2.24, 2.45) is 0 Å². The summed E-state index contributed by atoms with van der Waals surface area (Å²) in [5, 5.41) is 4.12. The first kappa shape index (κ1) is 31.7. The highest BCUT2D eigenvalue weighted by Gasteiger charge is 2.31. The quantitative estimate of drug-likeness (QED) is 0.412. The lowest BCUT2D eigenvalue weighted by Gasteiger charge is -2.37. The molecule has 2 aliphatic heterocycles. The summed E-state index contributed by atoms with van der Waals surface area (Å²) in [6.07, 6.45) is 10.6. The van der Waals surface area contributed by atoms with Gasteiger partial charge in [-0.05, 0) is 51.6 Å². The standard InChI is InChI=1S/C16H25N5O2S.C10H22N2O2S/c1-3-4-10-24(22,23)21-9-5-6-13(11-21)20(2)16-14-7-8-17-15(14)18-12-19-16;1-3-4-8-15(13,14)12-7-5-6-10(9-12)11-2/h7-8,12-13H,3-6,9-11H2,1-2H3,(H,17,18,19);10-11H,3-9H2,1-2H3. The Balaban J connectivity index is 0.000000242. The maximum Gasteiger partial charge on any atom is 0.214 e. The molecular weight excluding hydrogens is 538 g/mol. The summed E-state index contributed by atoms with van der Waals surface area (Å²) < 4.78 is 52.1. The highest BCUT2D eigenvalue weighted by molar-refractivity contribution is 7.89. The predicted molar refractivity (Wildman–Crippen MR) is 158 cm³/mol. The lowest BCUT2D eigenvalue weighted by Crippen LogP contribution is -2.49. The van der Waals surface area contributed by atoms with Gasteiger partial charge in [0.2, 0.25) is 20.0 Å². The summed E-state index contributed by atoms with van der Waals surface area (Å²) in [5.41, 5.74) is 0.801. The van der Waals surface area contributed by atoms with Crippen molar-refractivity contribution >= 4 is 36.9 Å². The van der Waals surface area contributed by atoms with Crippen molar-refractivity contribution in [2.75, 3.05) is 56.7 Å². The number of hydrogen-bond donors (Lipinski definition) is 2. The highest BCUT2D eigenvalue weighted by Crippen LogP contribution is 2.26. The number of hydrogen-bond acceptors (Lipinski definition) is 8. The molecule has 2 unspecified atom stereocenters. The molecule has 222 valence electrons. The van der Waals surface area contributed by atoms with Crippen LogP contribution in [0.5, 0.6) is 0 Å². The van der Waals surface area contributed by atoms with Gasteiger partial charge >= 0.3 is 0 Å². The molecule has 2 fully saturated rings. The molecule has 2 atom stereocenters. The number of H-pyrrole nitrogens is 1. The normalized spacial score (nSPS) is 21.4. The number of aromatic nitrogens is 3. The first-order valence-electron chi connectivity index (χ1n) is 14.3. The number of likely N-dealkylation sites (N-methyl/N-ethyl adjacent to an activating group) is 2. The fourth-order valence-electron chi connectivity index (χ4n) is 5.14. The van der Waals surface area contributed by atoms with E-state index in [9.17, 15) is 16.8 Å². The van der Waals surface area contributed by atoms with Crippen LogP contribution < -0.4 is 10.2 Å². The Labute approximate surface area is 234 Å². The van der Waals surface area contributed by atoms with Gasteiger partial charge in [0.05, 0.1) is 16.9 Å². The number of sulfonamides is 2. The Morgan fingerprint density at radius 3 is 2.21 bits per heavy atom. The number of rotatable bonds is 11. The van der Waals surface area contributed by atoms with Gasteiger partial charge in [-0.1, -0.05) is 26.7 Å². The summed E-state index contributed by atoms with van der Waals surface area (Å²) in [5.74, 6) is 1.40. The summed E-state index contributed by atoms with van der Waals surface area (Å²) in [6.45, 7) is 6.52. The first-order chi connectivity index (χ1) is 18.6. The van der Waals surface area contributed by atoms with E-state index < -0.39 is 20.0 Å². The second-order valence-electron chi connectivity index (χ2n) is 10.5. The van der Waals surface area contributed by atoms with Crippen LogP contribution in [0.3, 0.4) is 0 Å². The van der Waals surface area contributed by atoms with Crippen LogP contribution in [0.2, 0.25) is 0 Å². The van der Waals surface area contributed by atoms with Gasteiger partial charge in [0, 0.05) is 51.5 Å². The van der Waals surface area contributed by atoms with E-state index >= 15 is 0 Å². The van der Waals surface area contributed by atoms with Gasteiger partial charge in [-0.3, -0.25) is 0 Å². The second kappa shape index (κ2) is 14.7. The highest BCUT2D eigenvalue weighted by atomic mass is 32.2. The lowest BCUT2D eigenvalue weighted by atomic mass is 10.1. The number of aromatic amines is 1. The van der Waals surface area contributed by atoms with Gasteiger partial charge in [0.1, 0.15) is 17.8 Å². The average molecular weight is 586 g/mol. The summed E-state index contributed by atoms with van der Waals surface area (Å²) in [4.78, 5) is 13.8. The molecule has 0 bridgehead atoms. The van der Waals surface area contributed by atoms with Gasteiger partial charge in [-0.2, -0.15) is 4.31 Å². The monoisotopic (exact) mass is 585 g/mol. The average Bonchev–Trinajstić information content (AvgIpc) is 3.44. The van der Waals surface area contributed by atoms with Gasteiger partial charge in [0.25, 0.3) is 0 Å². The van der Waals surface area contributed by atoms with Crippen LogP contribution in [-0.2, 0) is 20.0 Å². The number of piperidine rings is 2. The molecule has 0 aliphatic carbocycles. The zero-order valence-electron chi connectivity index (χ0n) is 24.0. The van der Waals surface area contributed by atoms with Crippen LogP contribution in [0.25, 0.3) is 11.0 Å². The van der Waals surface area contributed by atoms with Gasteiger partial charge < -0.3 is 15.2 Å². The molecule has 4 heterocycles. The molecule has 0 aromatic carbocycles. The largest absolute Gasteiger partial charge is 0.355 e. The van der Waals surface area contributed by atoms with Crippen molar-refractivity contribution < 1.29 is 16.8 Å². The molecule has 0 spiro atoms. The third-order valence-corrected chi connectivity index (χ3v) is 11.5. The number of unbranched alkanes of at least 4 members (excludes halogenated alkanes) is 2. The van der Waals surface area contributed by atoms with Crippen molar-refractivity contribution in [3.63, 3.8) is 0 Å². The SMILES string of the molecule is CCCCS(=O)(=O)N1CCCC(N(C)c2ncnc3[nH]ccc23)C1.CCCCS(=O)(=O)N1CCCC(NC)C1. The van der Waals surface area contributed by atoms with Gasteiger partial charge in [-0.15, -0.1) is 0 Å². The number of nitrogens with zero attached hydrogens (tertiary/aromatic N) is 5. The topological polar surface area (TPSA) is 132 Å². The van der Waals surface area contributed by atoms with Crippen LogP contribution in [0.4, 0.5) is 5.82 Å². The number of fused-ring (bicyclic) bond motifs is 1. The van der Waals surface area contributed by atoms with Gasteiger partial charge in [-0.25, -0.2) is 31.1 Å². The molecule has 2 N–H and O–H groups in total. The van der Waals surface area contributed by atoms with Gasteiger partial charge in [0.15, 0.2) is 0 Å². The van der Waals surface area contributed by atoms with Crippen LogP contribution >= 0.6 is 0 Å². The maximum atomic E-state index is 12.5. The third-order valence-electron chi connectivity index (χ3n) is 7.66. The summed E-state index contributed by atoms with van der Waals surface area (Å²) in [6, 6.07) is 2.41. The number of nitrogens with one attached hydrogen (secondary N) is 2. The second-order valence-corrected chi connectivity index (χ2v) is 14.7. The molecule has 39 heavy (non-hydrogen) atoms. The predicted octanol–water partition coefficient (Wildman–Crippen LogP) is 2.79. The van der Waals surface area contributed by atoms with Crippen LogP contribution in [0.15, 0.2) is 18.6 Å². The molecule has 0 amide bonds. The molecule has 2 saturated heterocycles. The lowest BCUT2D eigenvalue weighted by molar-refractivity contribution is 0.292. The summed E-state index contributed by atoms with van der Waals surface area (Å²) in [7, 11) is -2.27.